The number of nitrogens with zero attached hydrogens (tertiary/aromatic N) is 3. The fraction of sp³-hybridized carbons (Fsp3) is 0. The zero-order valence-electron chi connectivity index (χ0n) is 18.8. The molecule has 0 aliphatic rings. The van der Waals surface area contributed by atoms with E-state index in [1.807, 2.05) is 30.3 Å². The minimum atomic E-state index is 0.488. The molecule has 0 fully saturated rings. The van der Waals surface area contributed by atoms with Gasteiger partial charge in [0.2, 0.25) is 0 Å². The first-order valence-corrected chi connectivity index (χ1v) is 11.4. The Morgan fingerprint density at radius 1 is 0.629 bits per heavy atom. The summed E-state index contributed by atoms with van der Waals surface area (Å²) in [6.07, 6.45) is 0. The number of benzene rings is 5. The van der Waals surface area contributed by atoms with Gasteiger partial charge in [0.15, 0.2) is 5.69 Å². The van der Waals surface area contributed by atoms with Gasteiger partial charge in [0, 0.05) is 27.6 Å². The Bertz CT molecular complexity index is 1770. The predicted octanol–water partition coefficient (Wildman–Crippen LogP) is 8.54. The van der Waals surface area contributed by atoms with E-state index in [0.717, 1.165) is 38.6 Å². The van der Waals surface area contributed by atoms with Crippen LogP contribution in [0.4, 0.5) is 5.69 Å². The number of fused-ring (bicyclic) bond motifs is 3. The fourth-order valence-corrected chi connectivity index (χ4v) is 4.87. The molecule has 0 aliphatic carbocycles. The molecule has 0 saturated heterocycles. The molecule has 0 N–H and O–H groups in total. The molecule has 1 aromatic heterocycles. The van der Waals surface area contributed by atoms with Crippen LogP contribution in [-0.4, -0.2) is 4.57 Å². The van der Waals surface area contributed by atoms with Crippen LogP contribution in [0.5, 0.6) is 0 Å². The average molecular weight is 446 g/mol. The van der Waals surface area contributed by atoms with Crippen molar-refractivity contribution in [3.8, 4) is 34.0 Å². The van der Waals surface area contributed by atoms with Crippen LogP contribution in [0.2, 0.25) is 0 Å². The van der Waals surface area contributed by atoms with Gasteiger partial charge < -0.3 is 4.57 Å². The first-order chi connectivity index (χ1) is 17.3. The highest BCUT2D eigenvalue weighted by molar-refractivity contribution is 6.11. The molecule has 0 aliphatic heterocycles. The van der Waals surface area contributed by atoms with Crippen molar-refractivity contribution in [3.05, 3.63) is 132 Å². The second kappa shape index (κ2) is 8.34. The minimum absolute atomic E-state index is 0.488. The lowest BCUT2D eigenvalue weighted by atomic mass is 9.96. The van der Waals surface area contributed by atoms with Gasteiger partial charge in [-0.1, -0.05) is 78.9 Å². The Kier molecular flexibility index (Phi) is 4.88. The lowest BCUT2D eigenvalue weighted by molar-refractivity contribution is 1.18. The van der Waals surface area contributed by atoms with Crippen LogP contribution in [0.25, 0.3) is 54.6 Å². The molecule has 1 heterocycles. The van der Waals surface area contributed by atoms with Crippen LogP contribution in [0.1, 0.15) is 5.56 Å². The maximum absolute atomic E-state index is 9.72. The van der Waals surface area contributed by atoms with Crippen molar-refractivity contribution in [2.24, 2.45) is 0 Å². The first-order valence-electron chi connectivity index (χ1n) is 11.4. The Labute approximate surface area is 203 Å². The smallest absolute Gasteiger partial charge is 0.196 e. The maximum Gasteiger partial charge on any atom is 0.196 e. The molecule has 0 unspecified atom stereocenters. The second-order valence-electron chi connectivity index (χ2n) is 8.42. The summed E-state index contributed by atoms with van der Waals surface area (Å²) in [5.41, 5.74) is 8.17. The summed E-state index contributed by atoms with van der Waals surface area (Å²) in [4.78, 5) is 3.69. The van der Waals surface area contributed by atoms with Crippen LogP contribution in [0.3, 0.4) is 0 Å². The van der Waals surface area contributed by atoms with Gasteiger partial charge in [-0.15, -0.1) is 0 Å². The van der Waals surface area contributed by atoms with Crippen molar-refractivity contribution in [1.29, 1.82) is 5.26 Å². The molecule has 0 amide bonds. The highest BCUT2D eigenvalue weighted by Crippen LogP contribution is 2.39. The summed E-state index contributed by atoms with van der Waals surface area (Å²) in [6.45, 7) is 7.63. The molecular formula is C32H19N3. The van der Waals surface area contributed by atoms with Gasteiger partial charge in [-0.25, -0.2) is 4.85 Å². The van der Waals surface area contributed by atoms with Gasteiger partial charge in [-0.3, -0.25) is 0 Å². The topological polar surface area (TPSA) is 33.1 Å². The first kappa shape index (κ1) is 20.5. The molecule has 5 aromatic carbocycles. The monoisotopic (exact) mass is 445 g/mol. The number of hydrogen-bond acceptors (Lipinski definition) is 1. The molecule has 3 nitrogen and oxygen atoms in total. The highest BCUT2D eigenvalue weighted by atomic mass is 15.0. The molecule has 0 saturated carbocycles. The molecule has 0 spiro atoms. The summed E-state index contributed by atoms with van der Waals surface area (Å²) in [5, 5.41) is 11.9. The maximum atomic E-state index is 9.72. The number of hydrogen-bond donors (Lipinski definition) is 0. The lowest BCUT2D eigenvalue weighted by Crippen LogP contribution is -1.93. The lowest BCUT2D eigenvalue weighted by Gasteiger charge is -2.10. The summed E-state index contributed by atoms with van der Waals surface area (Å²) in [6, 6.07) is 41.1. The van der Waals surface area contributed by atoms with Crippen LogP contribution in [0, 0.1) is 17.9 Å². The molecule has 6 rings (SSSR count). The van der Waals surface area contributed by atoms with E-state index in [1.54, 1.807) is 18.2 Å². The molecule has 6 aromatic rings. The standard InChI is InChI=1S/C32H19N3/c1-34-29-14-8-11-25(21-33)32(29)24-16-18-30-28(19-24)27-17-15-23(22-9-4-2-5-10-22)20-31(27)35(30)26-12-6-3-7-13-26/h2-20H. The average Bonchev–Trinajstić information content (AvgIpc) is 3.26. The summed E-state index contributed by atoms with van der Waals surface area (Å²) in [7, 11) is 0. The summed E-state index contributed by atoms with van der Waals surface area (Å²) >= 11 is 0. The van der Waals surface area contributed by atoms with E-state index in [4.69, 9.17) is 6.57 Å². The van der Waals surface area contributed by atoms with Gasteiger partial charge in [-0.05, 0) is 53.1 Å². The van der Waals surface area contributed by atoms with Crippen molar-refractivity contribution >= 4 is 27.5 Å². The summed E-state index contributed by atoms with van der Waals surface area (Å²) in [5.74, 6) is 0. The third-order valence-electron chi connectivity index (χ3n) is 6.46. The Morgan fingerprint density at radius 3 is 2.11 bits per heavy atom. The number of aromatic nitrogens is 1. The van der Waals surface area contributed by atoms with Crippen LogP contribution in [0.15, 0.2) is 115 Å². The van der Waals surface area contributed by atoms with Crippen molar-refractivity contribution < 1.29 is 0 Å². The molecule has 162 valence electrons. The molecular weight excluding hydrogens is 426 g/mol. The minimum Gasteiger partial charge on any atom is -0.309 e. The number of nitriles is 1. The fourth-order valence-electron chi connectivity index (χ4n) is 4.87. The van der Waals surface area contributed by atoms with Crippen LogP contribution in [-0.2, 0) is 0 Å². The third kappa shape index (κ3) is 3.35. The van der Waals surface area contributed by atoms with Crippen LogP contribution < -0.4 is 0 Å². The normalized spacial score (nSPS) is 10.8. The van der Waals surface area contributed by atoms with Crippen molar-refractivity contribution in [2.75, 3.05) is 0 Å². The van der Waals surface area contributed by atoms with Gasteiger partial charge in [0.05, 0.1) is 23.7 Å². The van der Waals surface area contributed by atoms with Gasteiger partial charge >= 0.3 is 0 Å². The van der Waals surface area contributed by atoms with E-state index in [-0.39, 0.29) is 0 Å². The molecule has 3 heteroatoms. The second-order valence-corrected chi connectivity index (χ2v) is 8.42. The van der Waals surface area contributed by atoms with Crippen molar-refractivity contribution in [2.45, 2.75) is 0 Å². The van der Waals surface area contributed by atoms with E-state index in [0.29, 0.717) is 16.8 Å². The SMILES string of the molecule is [C-]#[N+]c1cccc(C#N)c1-c1ccc2c(c1)c1ccc(-c3ccccc3)cc1n2-c1ccccc1. The highest BCUT2D eigenvalue weighted by Gasteiger charge is 2.17. The van der Waals surface area contributed by atoms with E-state index < -0.39 is 0 Å². The van der Waals surface area contributed by atoms with E-state index in [1.165, 1.54) is 5.56 Å². The van der Waals surface area contributed by atoms with E-state index >= 15 is 0 Å². The number of rotatable bonds is 3. The zero-order chi connectivity index (χ0) is 23.8. The van der Waals surface area contributed by atoms with Gasteiger partial charge in [0.1, 0.15) is 0 Å². The van der Waals surface area contributed by atoms with Gasteiger partial charge in [-0.2, -0.15) is 5.26 Å². The molecule has 0 radical (unpaired) electrons. The largest absolute Gasteiger partial charge is 0.309 e. The molecule has 0 bridgehead atoms. The van der Waals surface area contributed by atoms with E-state index in [9.17, 15) is 5.26 Å². The predicted molar refractivity (Wildman–Crippen MR) is 143 cm³/mol. The zero-order valence-corrected chi connectivity index (χ0v) is 18.8. The quantitative estimate of drug-likeness (QED) is 0.251. The molecule has 35 heavy (non-hydrogen) atoms. The Balaban J connectivity index is 1.68. The molecule has 0 atom stereocenters. The summed E-state index contributed by atoms with van der Waals surface area (Å²) < 4.78 is 2.28. The number of para-hydroxylation sites is 1. The Morgan fingerprint density at radius 2 is 1.37 bits per heavy atom. The van der Waals surface area contributed by atoms with Gasteiger partial charge in [0.25, 0.3) is 0 Å². The van der Waals surface area contributed by atoms with Crippen LogP contribution >= 0.6 is 0 Å². The van der Waals surface area contributed by atoms with Crippen molar-refractivity contribution in [3.63, 3.8) is 0 Å². The van der Waals surface area contributed by atoms with Crippen molar-refractivity contribution in [1.82, 2.24) is 4.57 Å². The third-order valence-corrected chi connectivity index (χ3v) is 6.46. The Hall–Kier alpha value is -5.12. The van der Waals surface area contributed by atoms with E-state index in [2.05, 4.69) is 82.2 Å².